The van der Waals surface area contributed by atoms with Crippen molar-refractivity contribution in [2.24, 2.45) is 5.92 Å². The number of aryl methyl sites for hydroxylation is 1. The number of nitrogens with one attached hydrogen (secondary N) is 2. The maximum absolute atomic E-state index is 12.2. The van der Waals surface area contributed by atoms with Crippen molar-refractivity contribution in [3.05, 3.63) is 59.2 Å². The molecule has 0 spiro atoms. The van der Waals surface area contributed by atoms with Gasteiger partial charge < -0.3 is 15.5 Å². The number of anilines is 2. The van der Waals surface area contributed by atoms with Crippen molar-refractivity contribution in [1.82, 2.24) is 4.90 Å². The minimum atomic E-state index is -0.278. The highest BCUT2D eigenvalue weighted by molar-refractivity contribution is 5.99. The molecule has 26 heavy (non-hydrogen) atoms. The predicted molar refractivity (Wildman–Crippen MR) is 104 cm³/mol. The average Bonchev–Trinajstić information content (AvgIpc) is 2.62. The summed E-state index contributed by atoms with van der Waals surface area (Å²) in [5, 5.41) is 5.69. The predicted octanol–water partition coefficient (Wildman–Crippen LogP) is 4.18. The lowest BCUT2D eigenvalue weighted by molar-refractivity contribution is -0.135. The fourth-order valence-corrected chi connectivity index (χ4v) is 3.12. The number of carbonyl (C=O) groups is 2. The number of fused-ring (bicyclic) bond motifs is 1. The molecule has 136 valence electrons. The van der Waals surface area contributed by atoms with Crippen LogP contribution < -0.4 is 10.6 Å². The van der Waals surface area contributed by atoms with Crippen LogP contribution in [-0.2, 0) is 17.8 Å². The molecule has 1 aliphatic rings. The maximum atomic E-state index is 12.2. The SMILES string of the molecule is Cc1ccc(NC(=O)Nc2ccc3c(c2)CN(C(=O)C(C)C)CC3)cc1. The number of hydrogen-bond donors (Lipinski definition) is 2. The van der Waals surface area contributed by atoms with Crippen LogP contribution in [0.1, 0.15) is 30.5 Å². The first kappa shape index (κ1) is 18.0. The molecule has 2 aromatic carbocycles. The molecule has 0 fully saturated rings. The summed E-state index contributed by atoms with van der Waals surface area (Å²) >= 11 is 0. The van der Waals surface area contributed by atoms with Crippen molar-refractivity contribution in [1.29, 1.82) is 0 Å². The average molecular weight is 351 g/mol. The largest absolute Gasteiger partial charge is 0.338 e. The van der Waals surface area contributed by atoms with Gasteiger partial charge in [-0.3, -0.25) is 4.79 Å². The first-order chi connectivity index (χ1) is 12.4. The van der Waals surface area contributed by atoms with Gasteiger partial charge in [0, 0.05) is 30.4 Å². The third-order valence-corrected chi connectivity index (χ3v) is 4.59. The summed E-state index contributed by atoms with van der Waals surface area (Å²) in [6.45, 7) is 7.20. The Morgan fingerprint density at radius 2 is 1.62 bits per heavy atom. The van der Waals surface area contributed by atoms with Crippen LogP contribution in [0.5, 0.6) is 0 Å². The van der Waals surface area contributed by atoms with Gasteiger partial charge in [0.15, 0.2) is 0 Å². The van der Waals surface area contributed by atoms with Crippen molar-refractivity contribution in [2.75, 3.05) is 17.2 Å². The van der Waals surface area contributed by atoms with E-state index in [0.29, 0.717) is 6.54 Å². The van der Waals surface area contributed by atoms with Gasteiger partial charge in [-0.1, -0.05) is 37.6 Å². The lowest BCUT2D eigenvalue weighted by Gasteiger charge is -2.30. The molecule has 0 saturated carbocycles. The smallest absolute Gasteiger partial charge is 0.323 e. The highest BCUT2D eigenvalue weighted by Gasteiger charge is 2.22. The summed E-state index contributed by atoms with van der Waals surface area (Å²) in [5.74, 6) is 0.171. The second-order valence-electron chi connectivity index (χ2n) is 7.09. The Balaban J connectivity index is 1.66. The number of urea groups is 1. The quantitative estimate of drug-likeness (QED) is 0.871. The van der Waals surface area contributed by atoms with E-state index in [4.69, 9.17) is 0 Å². The van der Waals surface area contributed by atoms with Crippen molar-refractivity contribution < 1.29 is 9.59 Å². The Bertz CT molecular complexity index is 813. The number of benzene rings is 2. The third-order valence-electron chi connectivity index (χ3n) is 4.59. The van der Waals surface area contributed by atoms with E-state index in [1.54, 1.807) is 0 Å². The molecule has 0 unspecified atom stereocenters. The van der Waals surface area contributed by atoms with Crippen molar-refractivity contribution in [3.8, 4) is 0 Å². The highest BCUT2D eigenvalue weighted by Crippen LogP contribution is 2.24. The zero-order chi connectivity index (χ0) is 18.7. The van der Waals surface area contributed by atoms with Gasteiger partial charge in [0.05, 0.1) is 0 Å². The van der Waals surface area contributed by atoms with Crippen LogP contribution in [0, 0.1) is 12.8 Å². The van der Waals surface area contributed by atoms with Crippen LogP contribution in [0.3, 0.4) is 0 Å². The number of carbonyl (C=O) groups excluding carboxylic acids is 2. The van der Waals surface area contributed by atoms with E-state index in [9.17, 15) is 9.59 Å². The summed E-state index contributed by atoms with van der Waals surface area (Å²) in [6, 6.07) is 13.3. The molecule has 5 nitrogen and oxygen atoms in total. The van der Waals surface area contributed by atoms with E-state index in [0.717, 1.165) is 35.5 Å². The molecule has 1 aliphatic heterocycles. The van der Waals surface area contributed by atoms with Gasteiger partial charge in [0.1, 0.15) is 0 Å². The molecule has 0 radical (unpaired) electrons. The van der Waals surface area contributed by atoms with Crippen LogP contribution in [0.4, 0.5) is 16.2 Å². The molecule has 0 aromatic heterocycles. The molecular formula is C21H25N3O2. The zero-order valence-electron chi connectivity index (χ0n) is 15.5. The van der Waals surface area contributed by atoms with Crippen molar-refractivity contribution >= 4 is 23.3 Å². The molecule has 5 heteroatoms. The Hall–Kier alpha value is -2.82. The number of hydrogen-bond acceptors (Lipinski definition) is 2. The maximum Gasteiger partial charge on any atom is 0.323 e. The second kappa shape index (κ2) is 7.60. The van der Waals surface area contributed by atoms with Gasteiger partial charge in [-0.25, -0.2) is 4.79 Å². The fourth-order valence-electron chi connectivity index (χ4n) is 3.12. The van der Waals surface area contributed by atoms with Crippen LogP contribution in [0.2, 0.25) is 0 Å². The Labute approximate surface area is 154 Å². The molecule has 0 aliphatic carbocycles. The van der Waals surface area contributed by atoms with Crippen LogP contribution in [-0.4, -0.2) is 23.4 Å². The summed E-state index contributed by atoms with van der Waals surface area (Å²) in [6.07, 6.45) is 0.851. The van der Waals surface area contributed by atoms with Gasteiger partial charge in [-0.2, -0.15) is 0 Å². The van der Waals surface area contributed by atoms with Crippen LogP contribution in [0.15, 0.2) is 42.5 Å². The zero-order valence-corrected chi connectivity index (χ0v) is 15.5. The van der Waals surface area contributed by atoms with Crippen molar-refractivity contribution in [2.45, 2.75) is 33.7 Å². The fraction of sp³-hybridized carbons (Fsp3) is 0.333. The van der Waals surface area contributed by atoms with Crippen molar-refractivity contribution in [3.63, 3.8) is 0 Å². The molecule has 3 amide bonds. The van der Waals surface area contributed by atoms with Gasteiger partial charge in [0.25, 0.3) is 0 Å². The van der Waals surface area contributed by atoms with E-state index in [1.165, 1.54) is 5.56 Å². The minimum Gasteiger partial charge on any atom is -0.338 e. The number of nitrogens with zero attached hydrogens (tertiary/aromatic N) is 1. The minimum absolute atomic E-state index is 0.00172. The molecule has 2 aromatic rings. The normalized spacial score (nSPS) is 13.3. The molecule has 0 saturated heterocycles. The molecule has 0 bridgehead atoms. The molecular weight excluding hydrogens is 326 g/mol. The lowest BCUT2D eigenvalue weighted by atomic mass is 9.98. The van der Waals surface area contributed by atoms with Crippen LogP contribution >= 0.6 is 0 Å². The van der Waals surface area contributed by atoms with Gasteiger partial charge in [-0.05, 0) is 48.7 Å². The van der Waals surface area contributed by atoms with Gasteiger partial charge in [0.2, 0.25) is 5.91 Å². The Morgan fingerprint density at radius 3 is 2.31 bits per heavy atom. The summed E-state index contributed by atoms with van der Waals surface area (Å²) in [7, 11) is 0. The van der Waals surface area contributed by atoms with Crippen LogP contribution in [0.25, 0.3) is 0 Å². The van der Waals surface area contributed by atoms with E-state index >= 15 is 0 Å². The Kier molecular flexibility index (Phi) is 5.26. The standard InChI is InChI=1S/C21H25N3O2/c1-14(2)20(25)24-11-10-16-6-9-19(12-17(16)13-24)23-21(26)22-18-7-4-15(3)5-8-18/h4-9,12,14H,10-11,13H2,1-3H3,(H2,22,23,26). The number of rotatable bonds is 3. The van der Waals surface area contributed by atoms with E-state index in [1.807, 2.05) is 68.1 Å². The van der Waals surface area contributed by atoms with Gasteiger partial charge in [-0.15, -0.1) is 0 Å². The topological polar surface area (TPSA) is 61.4 Å². The lowest BCUT2D eigenvalue weighted by Crippen LogP contribution is -2.38. The molecule has 2 N–H and O–H groups in total. The summed E-state index contributed by atoms with van der Waals surface area (Å²) in [4.78, 5) is 26.3. The number of amides is 3. The molecule has 3 rings (SSSR count). The van der Waals surface area contributed by atoms with Gasteiger partial charge >= 0.3 is 6.03 Å². The first-order valence-corrected chi connectivity index (χ1v) is 8.97. The van der Waals surface area contributed by atoms with E-state index in [-0.39, 0.29) is 17.9 Å². The van der Waals surface area contributed by atoms with E-state index in [2.05, 4.69) is 10.6 Å². The second-order valence-corrected chi connectivity index (χ2v) is 7.09. The summed E-state index contributed by atoms with van der Waals surface area (Å²) < 4.78 is 0. The van der Waals surface area contributed by atoms with E-state index < -0.39 is 0 Å². The third kappa shape index (κ3) is 4.23. The monoisotopic (exact) mass is 351 g/mol. The Morgan fingerprint density at radius 1 is 0.962 bits per heavy atom. The highest BCUT2D eigenvalue weighted by atomic mass is 16.2. The molecule has 1 heterocycles. The first-order valence-electron chi connectivity index (χ1n) is 8.97. The summed E-state index contributed by atoms with van der Waals surface area (Å²) in [5.41, 5.74) is 4.96. The molecule has 0 atom stereocenters.